The van der Waals surface area contributed by atoms with Gasteiger partial charge in [0.2, 0.25) is 0 Å². The fourth-order valence-corrected chi connectivity index (χ4v) is 4.06. The number of piperidine rings is 1. The summed E-state index contributed by atoms with van der Waals surface area (Å²) in [6, 6.07) is 13.6. The molecule has 1 fully saturated rings. The van der Waals surface area contributed by atoms with E-state index >= 15 is 0 Å². The molecule has 0 bridgehead atoms. The topological polar surface area (TPSA) is 45.7 Å². The second-order valence-electron chi connectivity index (χ2n) is 7.55. The van der Waals surface area contributed by atoms with Crippen molar-refractivity contribution in [3.05, 3.63) is 71.9 Å². The van der Waals surface area contributed by atoms with Crippen LogP contribution < -0.4 is 4.74 Å². The fraction of sp³-hybridized carbons (Fsp3) is 0.391. The van der Waals surface area contributed by atoms with Gasteiger partial charge in [-0.1, -0.05) is 18.2 Å². The van der Waals surface area contributed by atoms with Crippen LogP contribution in [-0.2, 0) is 0 Å². The monoisotopic (exact) mass is 377 g/mol. The lowest BCUT2D eigenvalue weighted by Gasteiger charge is -2.32. The molecule has 0 N–H and O–H groups in total. The molecule has 1 amide bonds. The van der Waals surface area contributed by atoms with E-state index < -0.39 is 0 Å². The molecular formula is C23H27N3O2. The maximum atomic E-state index is 12.9. The lowest BCUT2D eigenvalue weighted by Crippen LogP contribution is -2.36. The summed E-state index contributed by atoms with van der Waals surface area (Å²) in [5.74, 6) is 1.23. The van der Waals surface area contributed by atoms with Crippen LogP contribution in [0.25, 0.3) is 0 Å². The van der Waals surface area contributed by atoms with Crippen molar-refractivity contribution >= 4 is 5.91 Å². The zero-order valence-electron chi connectivity index (χ0n) is 16.4. The van der Waals surface area contributed by atoms with E-state index in [1.807, 2.05) is 48.4 Å². The van der Waals surface area contributed by atoms with Gasteiger partial charge in [0.25, 0.3) is 5.91 Å². The summed E-state index contributed by atoms with van der Waals surface area (Å²) in [6.07, 6.45) is 6.83. The number of pyridine rings is 1. The Balaban J connectivity index is 1.29. The van der Waals surface area contributed by atoms with E-state index in [9.17, 15) is 4.79 Å². The number of allylic oxidation sites excluding steroid dienone is 1. The molecule has 1 aromatic heterocycles. The predicted molar refractivity (Wildman–Crippen MR) is 109 cm³/mol. The van der Waals surface area contributed by atoms with E-state index in [1.54, 1.807) is 6.26 Å². The highest BCUT2D eigenvalue weighted by atomic mass is 16.5. The number of aromatic nitrogens is 1. The molecule has 0 spiro atoms. The third-order valence-electron chi connectivity index (χ3n) is 5.69. The molecule has 0 atom stereocenters. The first-order chi connectivity index (χ1) is 13.7. The number of ether oxygens (including phenoxy) is 1. The van der Waals surface area contributed by atoms with Crippen LogP contribution in [0.3, 0.4) is 0 Å². The van der Waals surface area contributed by atoms with Gasteiger partial charge < -0.3 is 14.5 Å². The Morgan fingerprint density at radius 3 is 2.64 bits per heavy atom. The molecule has 2 aliphatic heterocycles. The molecule has 28 heavy (non-hydrogen) atoms. The van der Waals surface area contributed by atoms with Gasteiger partial charge in [-0.3, -0.25) is 9.78 Å². The Bertz CT molecular complexity index is 842. The highest BCUT2D eigenvalue weighted by molar-refractivity contribution is 5.98. The van der Waals surface area contributed by atoms with Crippen molar-refractivity contribution < 1.29 is 9.53 Å². The van der Waals surface area contributed by atoms with Crippen LogP contribution in [0.4, 0.5) is 0 Å². The normalized spacial score (nSPS) is 18.2. The Morgan fingerprint density at radius 2 is 1.86 bits per heavy atom. The zero-order valence-corrected chi connectivity index (χ0v) is 16.4. The minimum Gasteiger partial charge on any atom is -0.462 e. The molecule has 1 saturated heterocycles. The van der Waals surface area contributed by atoms with Crippen molar-refractivity contribution in [2.45, 2.75) is 32.1 Å². The summed E-state index contributed by atoms with van der Waals surface area (Å²) in [5, 5.41) is 0. The minimum absolute atomic E-state index is 0.0238. The molecule has 5 heteroatoms. The number of para-hydroxylation sites is 1. The zero-order chi connectivity index (χ0) is 19.3. The van der Waals surface area contributed by atoms with E-state index in [2.05, 4.69) is 22.0 Å². The standard InChI is InChI=1S/C23H27N3O2/c1-18-17-28-22-9-3-2-7-20(22)23(27)26(18)14-6-13-25-15-10-19(11-16-25)21-8-4-5-12-24-21/h2-5,7-9,12,17,19H,6,10-11,13-16H2,1H3. The Labute approximate surface area is 166 Å². The van der Waals surface area contributed by atoms with Crippen LogP contribution in [0.2, 0.25) is 0 Å². The number of carbonyl (C=O) groups is 1. The number of carbonyl (C=O) groups excluding carboxylic acids is 1. The van der Waals surface area contributed by atoms with Gasteiger partial charge in [0, 0.05) is 24.4 Å². The molecule has 0 unspecified atom stereocenters. The molecule has 2 aliphatic rings. The maximum Gasteiger partial charge on any atom is 0.261 e. The number of benzene rings is 1. The van der Waals surface area contributed by atoms with Gasteiger partial charge in [0.05, 0.1) is 11.3 Å². The van der Waals surface area contributed by atoms with E-state index in [1.165, 1.54) is 5.69 Å². The van der Waals surface area contributed by atoms with Gasteiger partial charge in [-0.15, -0.1) is 0 Å². The molecule has 0 radical (unpaired) electrons. The van der Waals surface area contributed by atoms with Crippen molar-refractivity contribution in [3.63, 3.8) is 0 Å². The van der Waals surface area contributed by atoms with E-state index in [0.29, 0.717) is 23.8 Å². The summed E-state index contributed by atoms with van der Waals surface area (Å²) < 4.78 is 5.67. The molecular weight excluding hydrogens is 350 g/mol. The summed E-state index contributed by atoms with van der Waals surface area (Å²) in [7, 11) is 0. The molecule has 4 rings (SSSR count). The first kappa shape index (κ1) is 18.7. The van der Waals surface area contributed by atoms with E-state index in [0.717, 1.165) is 44.6 Å². The first-order valence-corrected chi connectivity index (χ1v) is 10.1. The van der Waals surface area contributed by atoms with Crippen molar-refractivity contribution in [3.8, 4) is 5.75 Å². The van der Waals surface area contributed by atoms with Gasteiger partial charge in [-0.2, -0.15) is 0 Å². The lowest BCUT2D eigenvalue weighted by atomic mass is 9.93. The van der Waals surface area contributed by atoms with E-state index in [-0.39, 0.29) is 5.91 Å². The van der Waals surface area contributed by atoms with Crippen molar-refractivity contribution in [1.82, 2.24) is 14.8 Å². The van der Waals surface area contributed by atoms with Crippen LogP contribution in [-0.4, -0.2) is 46.9 Å². The van der Waals surface area contributed by atoms with Crippen molar-refractivity contribution in [1.29, 1.82) is 0 Å². The van der Waals surface area contributed by atoms with Crippen molar-refractivity contribution in [2.24, 2.45) is 0 Å². The minimum atomic E-state index is 0.0238. The number of hydrogen-bond acceptors (Lipinski definition) is 4. The number of nitrogens with zero attached hydrogens (tertiary/aromatic N) is 3. The van der Waals surface area contributed by atoms with Crippen LogP contribution in [0.1, 0.15) is 48.2 Å². The largest absolute Gasteiger partial charge is 0.462 e. The first-order valence-electron chi connectivity index (χ1n) is 10.1. The molecule has 146 valence electrons. The molecule has 3 heterocycles. The fourth-order valence-electron chi connectivity index (χ4n) is 4.06. The molecule has 0 saturated carbocycles. The number of fused-ring (bicyclic) bond motifs is 1. The number of likely N-dealkylation sites (tertiary alicyclic amines) is 1. The van der Waals surface area contributed by atoms with Crippen LogP contribution in [0.5, 0.6) is 5.75 Å². The quantitative estimate of drug-likeness (QED) is 0.789. The van der Waals surface area contributed by atoms with Crippen LogP contribution >= 0.6 is 0 Å². The van der Waals surface area contributed by atoms with E-state index in [4.69, 9.17) is 4.74 Å². The van der Waals surface area contributed by atoms with Gasteiger partial charge in [0.15, 0.2) is 0 Å². The van der Waals surface area contributed by atoms with Crippen molar-refractivity contribution in [2.75, 3.05) is 26.2 Å². The Morgan fingerprint density at radius 1 is 1.07 bits per heavy atom. The smallest absolute Gasteiger partial charge is 0.261 e. The number of amides is 1. The Kier molecular flexibility index (Phi) is 5.72. The molecule has 5 nitrogen and oxygen atoms in total. The highest BCUT2D eigenvalue weighted by Crippen LogP contribution is 2.27. The van der Waals surface area contributed by atoms with Gasteiger partial charge in [0.1, 0.15) is 12.0 Å². The third-order valence-corrected chi connectivity index (χ3v) is 5.69. The molecule has 1 aromatic carbocycles. The summed E-state index contributed by atoms with van der Waals surface area (Å²) in [5.41, 5.74) is 2.71. The third kappa shape index (κ3) is 4.09. The molecule has 0 aliphatic carbocycles. The van der Waals surface area contributed by atoms with Gasteiger partial charge >= 0.3 is 0 Å². The maximum absolute atomic E-state index is 12.9. The second kappa shape index (κ2) is 8.57. The predicted octanol–water partition coefficient (Wildman–Crippen LogP) is 4.05. The highest BCUT2D eigenvalue weighted by Gasteiger charge is 2.25. The van der Waals surface area contributed by atoms with Crippen LogP contribution in [0, 0.1) is 0 Å². The summed E-state index contributed by atoms with van der Waals surface area (Å²) >= 11 is 0. The summed E-state index contributed by atoms with van der Waals surface area (Å²) in [6.45, 7) is 5.83. The number of rotatable bonds is 5. The van der Waals surface area contributed by atoms with Gasteiger partial charge in [-0.25, -0.2) is 0 Å². The average Bonchev–Trinajstić information content (AvgIpc) is 2.87. The van der Waals surface area contributed by atoms with Gasteiger partial charge in [-0.05, 0) is 70.1 Å². The number of hydrogen-bond donors (Lipinski definition) is 0. The summed E-state index contributed by atoms with van der Waals surface area (Å²) in [4.78, 5) is 21.8. The average molecular weight is 377 g/mol. The van der Waals surface area contributed by atoms with Crippen LogP contribution in [0.15, 0.2) is 60.6 Å². The SMILES string of the molecule is CC1=COc2ccccc2C(=O)N1CCCN1CCC(c2ccccn2)CC1. The Hall–Kier alpha value is -2.66. The second-order valence-corrected chi connectivity index (χ2v) is 7.55. The molecule has 2 aromatic rings. The lowest BCUT2D eigenvalue weighted by molar-refractivity contribution is 0.0799.